The molecule has 0 saturated carbocycles. The Morgan fingerprint density at radius 3 is 2.86 bits per heavy atom. The summed E-state index contributed by atoms with van der Waals surface area (Å²) in [5, 5.41) is 24.4. The van der Waals surface area contributed by atoms with Crippen LogP contribution in [0.15, 0.2) is 21.2 Å². The van der Waals surface area contributed by atoms with Crippen LogP contribution in [0.5, 0.6) is 0 Å². The van der Waals surface area contributed by atoms with Gasteiger partial charge in [0.05, 0.1) is 6.10 Å². The minimum absolute atomic E-state index is 0.140. The number of carbonyl (C=O) groups is 1. The molecule has 0 aliphatic heterocycles. The number of aliphatic hydroxyl groups is 1. The maximum absolute atomic E-state index is 11.8. The van der Waals surface area contributed by atoms with Crippen molar-refractivity contribution >= 4 is 17.2 Å². The molecule has 22 heavy (non-hydrogen) atoms. The molecule has 2 heterocycles. The molecule has 0 aromatic carbocycles. The first kappa shape index (κ1) is 16.6. The first-order valence-electron chi connectivity index (χ1n) is 7.16. The monoisotopic (exact) mass is 323 g/mol. The van der Waals surface area contributed by atoms with Crippen LogP contribution in [-0.2, 0) is 11.2 Å². The molecule has 120 valence electrons. The number of nitrogens with one attached hydrogen (secondary N) is 1. The summed E-state index contributed by atoms with van der Waals surface area (Å²) in [6.45, 7) is 6.02. The number of aromatic nitrogens is 2. The van der Waals surface area contributed by atoms with Crippen LogP contribution in [-0.4, -0.2) is 33.9 Å². The molecular formula is C15H21N3O3S. The Labute approximate surface area is 133 Å². The normalized spacial score (nSPS) is 13.1. The zero-order valence-corrected chi connectivity index (χ0v) is 13.8. The van der Waals surface area contributed by atoms with Crippen molar-refractivity contribution in [2.24, 2.45) is 5.41 Å². The van der Waals surface area contributed by atoms with Crippen LogP contribution < -0.4 is 5.32 Å². The number of hydrogen-bond donors (Lipinski definition) is 2. The summed E-state index contributed by atoms with van der Waals surface area (Å²) in [7, 11) is 0. The van der Waals surface area contributed by atoms with Crippen LogP contribution in [0.3, 0.4) is 0 Å². The van der Waals surface area contributed by atoms with Crippen LogP contribution in [0.2, 0.25) is 0 Å². The predicted octanol–water partition coefficient (Wildman–Crippen LogP) is 2.25. The Balaban J connectivity index is 1.77. The highest BCUT2D eigenvalue weighted by Gasteiger charge is 2.22. The molecule has 7 heteroatoms. The third kappa shape index (κ3) is 4.64. The molecule has 2 aromatic rings. The van der Waals surface area contributed by atoms with Crippen molar-refractivity contribution in [3.8, 4) is 11.5 Å². The lowest BCUT2D eigenvalue weighted by Gasteiger charge is -2.25. The zero-order chi connectivity index (χ0) is 16.2. The standard InChI is InChI=1S/C15H21N3O3S/c1-15(2,3)11(19)8-16-12(20)4-5-13-17-18-14(21-13)10-6-7-22-9-10/h6-7,9,11,19H,4-5,8H2,1-3H3,(H,16,20). The largest absolute Gasteiger partial charge is 0.421 e. The van der Waals surface area contributed by atoms with Gasteiger partial charge in [0.25, 0.3) is 0 Å². The van der Waals surface area contributed by atoms with Crippen molar-refractivity contribution < 1.29 is 14.3 Å². The summed E-state index contributed by atoms with van der Waals surface area (Å²) in [5.74, 6) is 0.770. The van der Waals surface area contributed by atoms with E-state index in [0.717, 1.165) is 5.56 Å². The topological polar surface area (TPSA) is 88.2 Å². The Bertz CT molecular complexity index is 602. The van der Waals surface area contributed by atoms with Gasteiger partial charge in [-0.25, -0.2) is 0 Å². The highest BCUT2D eigenvalue weighted by atomic mass is 32.1. The molecule has 2 aromatic heterocycles. The highest BCUT2D eigenvalue weighted by molar-refractivity contribution is 7.08. The molecule has 0 bridgehead atoms. The number of carbonyl (C=O) groups excluding carboxylic acids is 1. The average Bonchev–Trinajstić information content (AvgIpc) is 3.11. The SMILES string of the molecule is CC(C)(C)C(O)CNC(=O)CCc1nnc(-c2ccsc2)o1. The fourth-order valence-corrected chi connectivity index (χ4v) is 2.31. The molecule has 0 radical (unpaired) electrons. The molecule has 1 atom stereocenters. The van der Waals surface area contributed by atoms with Crippen molar-refractivity contribution in [1.29, 1.82) is 0 Å². The maximum atomic E-state index is 11.8. The summed E-state index contributed by atoms with van der Waals surface area (Å²) < 4.78 is 5.51. The van der Waals surface area contributed by atoms with Gasteiger partial charge in [-0.1, -0.05) is 20.8 Å². The molecule has 0 saturated heterocycles. The summed E-state index contributed by atoms with van der Waals surface area (Å²) in [5.41, 5.74) is 0.636. The lowest BCUT2D eigenvalue weighted by Crippen LogP contribution is -2.39. The number of hydrogen-bond acceptors (Lipinski definition) is 6. The van der Waals surface area contributed by atoms with E-state index in [0.29, 0.717) is 18.2 Å². The first-order valence-corrected chi connectivity index (χ1v) is 8.10. The van der Waals surface area contributed by atoms with E-state index in [4.69, 9.17) is 4.42 Å². The number of aliphatic hydroxyl groups excluding tert-OH is 1. The van der Waals surface area contributed by atoms with Gasteiger partial charge in [0.2, 0.25) is 17.7 Å². The van der Waals surface area contributed by atoms with Gasteiger partial charge in [0.15, 0.2) is 0 Å². The minimum Gasteiger partial charge on any atom is -0.421 e. The second kappa shape index (κ2) is 7.02. The van der Waals surface area contributed by atoms with E-state index >= 15 is 0 Å². The van der Waals surface area contributed by atoms with Crippen LogP contribution in [0, 0.1) is 5.41 Å². The summed E-state index contributed by atoms with van der Waals surface area (Å²) in [6.07, 6.45) is 0.0570. The van der Waals surface area contributed by atoms with E-state index in [9.17, 15) is 9.90 Å². The fourth-order valence-electron chi connectivity index (χ4n) is 1.68. The van der Waals surface area contributed by atoms with Gasteiger partial charge in [-0.05, 0) is 16.9 Å². The molecule has 0 aliphatic carbocycles. The average molecular weight is 323 g/mol. The van der Waals surface area contributed by atoms with Gasteiger partial charge in [0, 0.05) is 30.3 Å². The van der Waals surface area contributed by atoms with E-state index < -0.39 is 6.10 Å². The zero-order valence-electron chi connectivity index (χ0n) is 13.0. The lowest BCUT2D eigenvalue weighted by molar-refractivity contribution is -0.121. The van der Waals surface area contributed by atoms with Crippen molar-refractivity contribution in [3.63, 3.8) is 0 Å². The Hall–Kier alpha value is -1.73. The van der Waals surface area contributed by atoms with Crippen LogP contribution in [0.4, 0.5) is 0 Å². The number of nitrogens with zero attached hydrogens (tertiary/aromatic N) is 2. The van der Waals surface area contributed by atoms with Gasteiger partial charge in [-0.2, -0.15) is 11.3 Å². The Morgan fingerprint density at radius 2 is 2.23 bits per heavy atom. The smallest absolute Gasteiger partial charge is 0.248 e. The van der Waals surface area contributed by atoms with E-state index in [2.05, 4.69) is 15.5 Å². The predicted molar refractivity (Wildman–Crippen MR) is 84.4 cm³/mol. The van der Waals surface area contributed by atoms with E-state index in [1.807, 2.05) is 37.6 Å². The quantitative estimate of drug-likeness (QED) is 0.851. The first-order chi connectivity index (χ1) is 10.4. The third-order valence-electron chi connectivity index (χ3n) is 3.29. The van der Waals surface area contributed by atoms with Gasteiger partial charge in [-0.3, -0.25) is 4.79 Å². The Kier molecular flexibility index (Phi) is 5.31. The van der Waals surface area contributed by atoms with Gasteiger partial charge in [0.1, 0.15) is 0 Å². The van der Waals surface area contributed by atoms with Crippen molar-refractivity contribution in [2.75, 3.05) is 6.54 Å². The van der Waals surface area contributed by atoms with Crippen LogP contribution in [0.1, 0.15) is 33.1 Å². The van der Waals surface area contributed by atoms with E-state index in [1.54, 1.807) is 11.3 Å². The van der Waals surface area contributed by atoms with E-state index in [-0.39, 0.29) is 24.3 Å². The van der Waals surface area contributed by atoms with E-state index in [1.165, 1.54) is 0 Å². The fraction of sp³-hybridized carbons (Fsp3) is 0.533. The molecule has 1 amide bonds. The van der Waals surface area contributed by atoms with Crippen molar-refractivity contribution in [2.45, 2.75) is 39.7 Å². The molecular weight excluding hydrogens is 302 g/mol. The second-order valence-corrected chi connectivity index (χ2v) is 6.98. The van der Waals surface area contributed by atoms with Gasteiger partial charge < -0.3 is 14.8 Å². The Morgan fingerprint density at radius 1 is 1.45 bits per heavy atom. The van der Waals surface area contributed by atoms with Crippen LogP contribution in [0.25, 0.3) is 11.5 Å². The van der Waals surface area contributed by atoms with Gasteiger partial charge in [-0.15, -0.1) is 10.2 Å². The summed E-state index contributed by atoms with van der Waals surface area (Å²) in [4.78, 5) is 11.8. The molecule has 2 rings (SSSR count). The number of aryl methyl sites for hydroxylation is 1. The minimum atomic E-state index is -0.579. The molecule has 0 aliphatic rings. The molecule has 0 fully saturated rings. The molecule has 2 N–H and O–H groups in total. The van der Waals surface area contributed by atoms with Crippen LogP contribution >= 0.6 is 11.3 Å². The molecule has 1 unspecified atom stereocenters. The van der Waals surface area contributed by atoms with Crippen molar-refractivity contribution in [1.82, 2.24) is 15.5 Å². The molecule has 6 nitrogen and oxygen atoms in total. The number of amides is 1. The highest BCUT2D eigenvalue weighted by Crippen LogP contribution is 2.21. The number of rotatable bonds is 6. The van der Waals surface area contributed by atoms with Crippen molar-refractivity contribution in [3.05, 3.63) is 22.7 Å². The number of thiophene rings is 1. The maximum Gasteiger partial charge on any atom is 0.248 e. The molecule has 0 spiro atoms. The van der Waals surface area contributed by atoms with Gasteiger partial charge >= 0.3 is 0 Å². The third-order valence-corrected chi connectivity index (χ3v) is 3.98. The second-order valence-electron chi connectivity index (χ2n) is 6.20. The summed E-state index contributed by atoms with van der Waals surface area (Å²) >= 11 is 1.56. The lowest BCUT2D eigenvalue weighted by atomic mass is 9.89. The summed E-state index contributed by atoms with van der Waals surface area (Å²) in [6, 6.07) is 1.91.